The van der Waals surface area contributed by atoms with Crippen molar-refractivity contribution in [3.63, 3.8) is 0 Å². The van der Waals surface area contributed by atoms with Crippen molar-refractivity contribution in [3.05, 3.63) is 36.8 Å². The van der Waals surface area contributed by atoms with Gasteiger partial charge in [-0.05, 0) is 12.1 Å². The van der Waals surface area contributed by atoms with E-state index < -0.39 is 0 Å². The van der Waals surface area contributed by atoms with Crippen LogP contribution in [0.15, 0.2) is 41.3 Å². The zero-order valence-corrected chi connectivity index (χ0v) is 11.0. The molecule has 0 aliphatic carbocycles. The van der Waals surface area contributed by atoms with E-state index in [-0.39, 0.29) is 0 Å². The van der Waals surface area contributed by atoms with Gasteiger partial charge < -0.3 is 14.6 Å². The average Bonchev–Trinajstić information content (AvgIpc) is 3.05. The molecule has 21 heavy (non-hydrogen) atoms. The molecule has 0 radical (unpaired) electrons. The minimum Gasteiger partial charge on any atom is -0.489 e. The van der Waals surface area contributed by atoms with Gasteiger partial charge in [0.1, 0.15) is 12.3 Å². The van der Waals surface area contributed by atoms with Crippen LogP contribution in [0.5, 0.6) is 5.75 Å². The van der Waals surface area contributed by atoms with Crippen LogP contribution in [0.4, 0.5) is 5.69 Å². The van der Waals surface area contributed by atoms with Gasteiger partial charge in [0.2, 0.25) is 5.82 Å². The van der Waals surface area contributed by atoms with E-state index in [2.05, 4.69) is 25.4 Å². The van der Waals surface area contributed by atoms with Gasteiger partial charge >= 0.3 is 0 Å². The third-order valence-electron chi connectivity index (χ3n) is 3.13. The van der Waals surface area contributed by atoms with Gasteiger partial charge in [0.05, 0.1) is 17.4 Å². The highest BCUT2D eigenvalue weighted by Crippen LogP contribution is 2.37. The summed E-state index contributed by atoms with van der Waals surface area (Å²) in [7, 11) is 0. The van der Waals surface area contributed by atoms with Crippen LogP contribution in [-0.2, 0) is 0 Å². The Bertz CT molecular complexity index is 772. The van der Waals surface area contributed by atoms with Gasteiger partial charge in [-0.25, -0.2) is 4.98 Å². The molecule has 3 heterocycles. The van der Waals surface area contributed by atoms with Crippen LogP contribution in [-0.4, -0.2) is 33.3 Å². The summed E-state index contributed by atoms with van der Waals surface area (Å²) in [4.78, 5) is 12.5. The van der Waals surface area contributed by atoms with Gasteiger partial charge in [-0.1, -0.05) is 11.2 Å². The van der Waals surface area contributed by atoms with E-state index in [0.29, 0.717) is 24.0 Å². The fourth-order valence-corrected chi connectivity index (χ4v) is 2.19. The molecule has 7 nitrogen and oxygen atoms in total. The van der Waals surface area contributed by atoms with E-state index in [1.54, 1.807) is 18.6 Å². The van der Waals surface area contributed by atoms with Gasteiger partial charge in [-0.15, -0.1) is 0 Å². The second-order valence-corrected chi connectivity index (χ2v) is 4.47. The van der Waals surface area contributed by atoms with Gasteiger partial charge in [0, 0.05) is 18.9 Å². The Morgan fingerprint density at radius 3 is 3.10 bits per heavy atom. The molecule has 1 N–H and O–H groups in total. The minimum absolute atomic E-state index is 0.399. The molecule has 1 aromatic carbocycles. The summed E-state index contributed by atoms with van der Waals surface area (Å²) in [6, 6.07) is 5.76. The predicted octanol–water partition coefficient (Wildman–Crippen LogP) is 2.00. The highest BCUT2D eigenvalue weighted by atomic mass is 16.5. The molecule has 0 fully saturated rings. The standard InChI is InChI=1S/C14H11N5O2/c1-2-9(12-10(3-1)17-6-7-20-12)14-18-13(19-21-14)11-8-15-4-5-16-11/h1-5,8,17H,6-7H2. The number of anilines is 1. The SMILES string of the molecule is c1cc2c(c(-c3nc(-c4cnccn4)no3)c1)OCCN2. The number of ether oxygens (including phenoxy) is 1. The van der Waals surface area contributed by atoms with Gasteiger partial charge in [-0.2, -0.15) is 4.98 Å². The van der Waals surface area contributed by atoms with Crippen LogP contribution >= 0.6 is 0 Å². The van der Waals surface area contributed by atoms with E-state index in [0.717, 1.165) is 23.5 Å². The largest absolute Gasteiger partial charge is 0.489 e. The van der Waals surface area contributed by atoms with E-state index in [9.17, 15) is 0 Å². The molecule has 0 spiro atoms. The lowest BCUT2D eigenvalue weighted by Crippen LogP contribution is -2.18. The Labute approximate surface area is 120 Å². The summed E-state index contributed by atoms with van der Waals surface area (Å²) in [5, 5.41) is 7.22. The lowest BCUT2D eigenvalue weighted by molar-refractivity contribution is 0.322. The first-order chi connectivity index (χ1) is 10.4. The van der Waals surface area contributed by atoms with Crippen LogP contribution in [0.1, 0.15) is 0 Å². The number of rotatable bonds is 2. The van der Waals surface area contributed by atoms with Crippen molar-refractivity contribution in [2.24, 2.45) is 0 Å². The number of hydrogen-bond acceptors (Lipinski definition) is 7. The summed E-state index contributed by atoms with van der Waals surface area (Å²) >= 11 is 0. The first kappa shape index (κ1) is 11.8. The molecule has 3 aromatic rings. The first-order valence-electron chi connectivity index (χ1n) is 6.52. The number of aromatic nitrogens is 4. The fraction of sp³-hybridized carbons (Fsp3) is 0.143. The van der Waals surface area contributed by atoms with Gasteiger partial charge in [0.25, 0.3) is 5.89 Å². The molecular formula is C14H11N5O2. The van der Waals surface area contributed by atoms with Crippen molar-refractivity contribution < 1.29 is 9.26 Å². The number of para-hydroxylation sites is 1. The van der Waals surface area contributed by atoms with Crippen molar-refractivity contribution in [1.29, 1.82) is 0 Å². The first-order valence-corrected chi connectivity index (χ1v) is 6.52. The molecule has 0 amide bonds. The summed E-state index contributed by atoms with van der Waals surface area (Å²) in [5.41, 5.74) is 2.26. The van der Waals surface area contributed by atoms with E-state index in [1.807, 2.05) is 18.2 Å². The van der Waals surface area contributed by atoms with E-state index >= 15 is 0 Å². The zero-order chi connectivity index (χ0) is 14.1. The summed E-state index contributed by atoms with van der Waals surface area (Å²) in [5.74, 6) is 1.54. The average molecular weight is 281 g/mol. The monoisotopic (exact) mass is 281 g/mol. The van der Waals surface area contributed by atoms with Crippen molar-refractivity contribution in [1.82, 2.24) is 20.1 Å². The smallest absolute Gasteiger partial charge is 0.262 e. The maximum Gasteiger partial charge on any atom is 0.262 e. The molecule has 2 aromatic heterocycles. The maximum absolute atomic E-state index is 5.71. The molecule has 0 unspecified atom stereocenters. The summed E-state index contributed by atoms with van der Waals surface area (Å²) < 4.78 is 11.0. The maximum atomic E-state index is 5.71. The Hall–Kier alpha value is -2.96. The number of nitrogens with zero attached hydrogens (tertiary/aromatic N) is 4. The topological polar surface area (TPSA) is 86.0 Å². The quantitative estimate of drug-likeness (QED) is 0.768. The van der Waals surface area contributed by atoms with Crippen LogP contribution in [0.3, 0.4) is 0 Å². The van der Waals surface area contributed by atoms with Gasteiger partial charge in [0.15, 0.2) is 5.75 Å². The highest BCUT2D eigenvalue weighted by Gasteiger charge is 2.20. The highest BCUT2D eigenvalue weighted by molar-refractivity contribution is 5.75. The molecule has 1 aliphatic rings. The Kier molecular flexibility index (Phi) is 2.74. The van der Waals surface area contributed by atoms with E-state index in [4.69, 9.17) is 9.26 Å². The molecule has 0 saturated heterocycles. The van der Waals surface area contributed by atoms with Gasteiger partial charge in [-0.3, -0.25) is 4.98 Å². The summed E-state index contributed by atoms with van der Waals surface area (Å²) in [6.07, 6.45) is 4.77. The molecule has 0 atom stereocenters. The van der Waals surface area contributed by atoms with Crippen LogP contribution in [0.25, 0.3) is 23.0 Å². The molecular weight excluding hydrogens is 270 g/mol. The third-order valence-corrected chi connectivity index (χ3v) is 3.13. The fourth-order valence-electron chi connectivity index (χ4n) is 2.19. The summed E-state index contributed by atoms with van der Waals surface area (Å²) in [6.45, 7) is 1.39. The van der Waals surface area contributed by atoms with E-state index in [1.165, 1.54) is 0 Å². The molecule has 0 saturated carbocycles. The second-order valence-electron chi connectivity index (χ2n) is 4.47. The van der Waals surface area contributed by atoms with Crippen LogP contribution < -0.4 is 10.1 Å². The number of fused-ring (bicyclic) bond motifs is 1. The molecule has 1 aliphatic heterocycles. The number of hydrogen-bond donors (Lipinski definition) is 1. The molecule has 4 rings (SSSR count). The Balaban J connectivity index is 1.77. The second kappa shape index (κ2) is 4.86. The lowest BCUT2D eigenvalue weighted by atomic mass is 10.1. The molecule has 104 valence electrons. The van der Waals surface area contributed by atoms with Crippen LogP contribution in [0, 0.1) is 0 Å². The number of benzene rings is 1. The zero-order valence-electron chi connectivity index (χ0n) is 11.0. The Morgan fingerprint density at radius 2 is 2.19 bits per heavy atom. The van der Waals surface area contributed by atoms with Crippen molar-refractivity contribution >= 4 is 5.69 Å². The molecule has 0 bridgehead atoms. The third kappa shape index (κ3) is 2.08. The van der Waals surface area contributed by atoms with Crippen molar-refractivity contribution in [2.75, 3.05) is 18.5 Å². The van der Waals surface area contributed by atoms with Crippen LogP contribution in [0.2, 0.25) is 0 Å². The Morgan fingerprint density at radius 1 is 1.19 bits per heavy atom. The minimum atomic E-state index is 0.399. The normalized spacial score (nSPS) is 13.1. The molecule has 7 heteroatoms. The van der Waals surface area contributed by atoms with Crippen molar-refractivity contribution in [3.8, 4) is 28.7 Å². The lowest BCUT2D eigenvalue weighted by Gasteiger charge is -2.20. The predicted molar refractivity (Wildman–Crippen MR) is 74.7 cm³/mol. The number of nitrogens with one attached hydrogen (secondary N) is 1. The van der Waals surface area contributed by atoms with Crippen molar-refractivity contribution in [2.45, 2.75) is 0 Å².